The van der Waals surface area contributed by atoms with E-state index in [1.807, 2.05) is 0 Å². The van der Waals surface area contributed by atoms with E-state index < -0.39 is 0 Å². The first-order valence-corrected chi connectivity index (χ1v) is 7.20. The summed E-state index contributed by atoms with van der Waals surface area (Å²) in [6.45, 7) is 7.94. The van der Waals surface area contributed by atoms with Crippen LogP contribution in [-0.4, -0.2) is 41.1 Å². The molecule has 0 saturated carbocycles. The van der Waals surface area contributed by atoms with Gasteiger partial charge in [-0.15, -0.1) is 10.2 Å². The minimum atomic E-state index is 0.0169. The van der Waals surface area contributed by atoms with Crippen LogP contribution in [0.15, 0.2) is 0 Å². The molecule has 2 rings (SSSR count). The number of carbonyl (C=O) groups excluding carboxylic acids is 1. The predicted molar refractivity (Wildman–Crippen MR) is 72.9 cm³/mol. The molecule has 5 nitrogen and oxygen atoms in total. The summed E-state index contributed by atoms with van der Waals surface area (Å²) in [5, 5.41) is 12.3. The first-order chi connectivity index (χ1) is 8.62. The molecular weight excluding hydrogens is 248 g/mol. The Morgan fingerprint density at radius 2 is 2.11 bits per heavy atom. The van der Waals surface area contributed by atoms with E-state index in [-0.39, 0.29) is 5.41 Å². The molecule has 2 heterocycles. The highest BCUT2D eigenvalue weighted by molar-refractivity contribution is 7.15. The summed E-state index contributed by atoms with van der Waals surface area (Å²) in [5.74, 6) is 0. The second-order valence-electron chi connectivity index (χ2n) is 5.36. The SMILES string of the molecule is CC(C)(CCN1CCCC1)c1nnc(NC=O)s1. The molecule has 0 aliphatic carbocycles. The maximum atomic E-state index is 10.4. The number of nitrogens with zero attached hydrogens (tertiary/aromatic N) is 3. The quantitative estimate of drug-likeness (QED) is 0.800. The Bertz CT molecular complexity index is 399. The topological polar surface area (TPSA) is 58.1 Å². The Morgan fingerprint density at radius 1 is 1.39 bits per heavy atom. The van der Waals surface area contributed by atoms with Crippen molar-refractivity contribution in [1.82, 2.24) is 15.1 Å². The first kappa shape index (κ1) is 13.4. The Kier molecular flexibility index (Phi) is 4.29. The Hall–Kier alpha value is -1.01. The number of hydrogen-bond donors (Lipinski definition) is 1. The van der Waals surface area contributed by atoms with E-state index in [1.165, 1.54) is 37.3 Å². The summed E-state index contributed by atoms with van der Waals surface area (Å²) in [6, 6.07) is 0. The van der Waals surface area contributed by atoms with Crippen molar-refractivity contribution in [3.05, 3.63) is 5.01 Å². The molecule has 0 radical (unpaired) electrons. The van der Waals surface area contributed by atoms with Crippen LogP contribution >= 0.6 is 11.3 Å². The maximum absolute atomic E-state index is 10.4. The molecule has 1 aromatic heterocycles. The molecular formula is C12H20N4OS. The first-order valence-electron chi connectivity index (χ1n) is 6.38. The lowest BCUT2D eigenvalue weighted by atomic mass is 9.90. The van der Waals surface area contributed by atoms with Gasteiger partial charge in [0.15, 0.2) is 0 Å². The standard InChI is InChI=1S/C12H20N4OS/c1-12(2,5-8-16-6-3-4-7-16)10-14-15-11(18-10)13-9-17/h9H,3-8H2,1-2H3,(H,13,15,17). The highest BCUT2D eigenvalue weighted by Gasteiger charge is 2.26. The molecule has 1 aliphatic rings. The number of anilines is 1. The number of amides is 1. The van der Waals surface area contributed by atoms with E-state index in [0.29, 0.717) is 11.5 Å². The molecule has 1 N–H and O–H groups in total. The van der Waals surface area contributed by atoms with Crippen molar-refractivity contribution in [2.75, 3.05) is 25.0 Å². The van der Waals surface area contributed by atoms with Crippen molar-refractivity contribution in [2.24, 2.45) is 0 Å². The van der Waals surface area contributed by atoms with Gasteiger partial charge in [0.2, 0.25) is 11.5 Å². The average Bonchev–Trinajstić information content (AvgIpc) is 2.98. The van der Waals surface area contributed by atoms with Gasteiger partial charge in [-0.05, 0) is 38.9 Å². The van der Waals surface area contributed by atoms with Crippen molar-refractivity contribution in [1.29, 1.82) is 0 Å². The third-order valence-electron chi connectivity index (χ3n) is 3.44. The largest absolute Gasteiger partial charge is 0.303 e. The number of hydrogen-bond acceptors (Lipinski definition) is 5. The van der Waals surface area contributed by atoms with Gasteiger partial charge in [-0.2, -0.15) is 0 Å². The molecule has 0 aromatic carbocycles. The minimum Gasteiger partial charge on any atom is -0.303 e. The van der Waals surface area contributed by atoms with Crippen LogP contribution in [0.1, 0.15) is 38.1 Å². The maximum Gasteiger partial charge on any atom is 0.213 e. The van der Waals surface area contributed by atoms with E-state index in [1.54, 1.807) is 0 Å². The van der Waals surface area contributed by atoms with Crippen molar-refractivity contribution < 1.29 is 4.79 Å². The van der Waals surface area contributed by atoms with Crippen molar-refractivity contribution in [3.8, 4) is 0 Å². The molecule has 100 valence electrons. The summed E-state index contributed by atoms with van der Waals surface area (Å²) >= 11 is 1.46. The molecule has 1 aromatic rings. The second-order valence-corrected chi connectivity index (χ2v) is 6.33. The number of rotatable bonds is 6. The van der Waals surface area contributed by atoms with Gasteiger partial charge in [-0.1, -0.05) is 25.2 Å². The third-order valence-corrected chi connectivity index (χ3v) is 4.66. The Labute approximate surface area is 112 Å². The highest BCUT2D eigenvalue weighted by atomic mass is 32.1. The van der Waals surface area contributed by atoms with Gasteiger partial charge in [-0.3, -0.25) is 4.79 Å². The third kappa shape index (κ3) is 3.26. The van der Waals surface area contributed by atoms with Crippen molar-refractivity contribution in [2.45, 2.75) is 38.5 Å². The normalized spacial score (nSPS) is 17.0. The van der Waals surface area contributed by atoms with Gasteiger partial charge in [0.25, 0.3) is 0 Å². The van der Waals surface area contributed by atoms with Crippen LogP contribution in [0.4, 0.5) is 5.13 Å². The Balaban J connectivity index is 1.92. The fourth-order valence-electron chi connectivity index (χ4n) is 2.16. The minimum absolute atomic E-state index is 0.0169. The van der Waals surface area contributed by atoms with Crippen molar-refractivity contribution >= 4 is 22.9 Å². The van der Waals surface area contributed by atoms with Gasteiger partial charge in [0, 0.05) is 5.41 Å². The number of carbonyl (C=O) groups is 1. The van der Waals surface area contributed by atoms with E-state index in [9.17, 15) is 4.79 Å². The number of nitrogens with one attached hydrogen (secondary N) is 1. The van der Waals surface area contributed by atoms with E-state index in [0.717, 1.165) is 18.0 Å². The van der Waals surface area contributed by atoms with Gasteiger partial charge >= 0.3 is 0 Å². The summed E-state index contributed by atoms with van der Waals surface area (Å²) in [5.41, 5.74) is 0.0169. The van der Waals surface area contributed by atoms with E-state index >= 15 is 0 Å². The van der Waals surface area contributed by atoms with Crippen LogP contribution < -0.4 is 5.32 Å². The zero-order chi connectivity index (χ0) is 13.0. The van der Waals surface area contributed by atoms with Crippen LogP contribution in [0.3, 0.4) is 0 Å². The number of aromatic nitrogens is 2. The second kappa shape index (κ2) is 5.75. The van der Waals surface area contributed by atoms with Gasteiger partial charge in [-0.25, -0.2) is 0 Å². The van der Waals surface area contributed by atoms with Crippen LogP contribution in [0, 0.1) is 0 Å². The van der Waals surface area contributed by atoms with Crippen LogP contribution in [-0.2, 0) is 10.2 Å². The fraction of sp³-hybridized carbons (Fsp3) is 0.750. The Morgan fingerprint density at radius 3 is 2.78 bits per heavy atom. The molecule has 0 unspecified atom stereocenters. The van der Waals surface area contributed by atoms with Gasteiger partial charge in [0.05, 0.1) is 0 Å². The summed E-state index contributed by atoms with van der Waals surface area (Å²) < 4.78 is 0. The molecule has 1 aliphatic heterocycles. The lowest BCUT2D eigenvalue weighted by molar-refractivity contribution is -0.105. The summed E-state index contributed by atoms with van der Waals surface area (Å²) in [6.07, 6.45) is 4.36. The monoisotopic (exact) mass is 268 g/mol. The zero-order valence-electron chi connectivity index (χ0n) is 11.0. The molecule has 0 bridgehead atoms. The molecule has 0 spiro atoms. The van der Waals surface area contributed by atoms with E-state index in [4.69, 9.17) is 0 Å². The van der Waals surface area contributed by atoms with Gasteiger partial charge in [0.1, 0.15) is 5.01 Å². The molecule has 1 saturated heterocycles. The molecule has 0 atom stereocenters. The highest BCUT2D eigenvalue weighted by Crippen LogP contribution is 2.31. The molecule has 1 fully saturated rings. The smallest absolute Gasteiger partial charge is 0.213 e. The van der Waals surface area contributed by atoms with Crippen LogP contribution in [0.2, 0.25) is 0 Å². The average molecular weight is 268 g/mol. The molecule has 6 heteroatoms. The van der Waals surface area contributed by atoms with E-state index in [2.05, 4.69) is 34.3 Å². The number of likely N-dealkylation sites (tertiary alicyclic amines) is 1. The lowest BCUT2D eigenvalue weighted by Gasteiger charge is -2.24. The van der Waals surface area contributed by atoms with Crippen LogP contribution in [0.25, 0.3) is 0 Å². The van der Waals surface area contributed by atoms with Crippen molar-refractivity contribution in [3.63, 3.8) is 0 Å². The lowest BCUT2D eigenvalue weighted by Crippen LogP contribution is -2.27. The fourth-order valence-corrected chi connectivity index (χ4v) is 2.99. The summed E-state index contributed by atoms with van der Waals surface area (Å²) in [7, 11) is 0. The van der Waals surface area contributed by atoms with Crippen LogP contribution in [0.5, 0.6) is 0 Å². The van der Waals surface area contributed by atoms with Gasteiger partial charge < -0.3 is 10.2 Å². The molecule has 1 amide bonds. The zero-order valence-corrected chi connectivity index (χ0v) is 11.8. The molecule has 18 heavy (non-hydrogen) atoms. The summed E-state index contributed by atoms with van der Waals surface area (Å²) in [4.78, 5) is 12.9. The predicted octanol–water partition coefficient (Wildman–Crippen LogP) is 1.87.